The number of aryl methyl sites for hydroxylation is 2. The largest absolute Gasteiger partial charge is 0.467 e. The molecular formula is C25H24N6O2. The fraction of sp³-hybridized carbons (Fsp3) is 0.200. The predicted molar refractivity (Wildman–Crippen MR) is 126 cm³/mol. The van der Waals surface area contributed by atoms with Gasteiger partial charge < -0.3 is 14.4 Å². The van der Waals surface area contributed by atoms with E-state index in [9.17, 15) is 5.11 Å². The van der Waals surface area contributed by atoms with E-state index in [0.29, 0.717) is 11.4 Å². The van der Waals surface area contributed by atoms with E-state index >= 15 is 0 Å². The number of aliphatic hydroxyl groups is 1. The van der Waals surface area contributed by atoms with Gasteiger partial charge in [-0.05, 0) is 24.6 Å². The maximum Gasteiger partial charge on any atom is 0.317 e. The van der Waals surface area contributed by atoms with Crippen LogP contribution in [0.3, 0.4) is 0 Å². The zero-order chi connectivity index (χ0) is 23.2. The van der Waals surface area contributed by atoms with Gasteiger partial charge in [0.1, 0.15) is 11.2 Å². The van der Waals surface area contributed by atoms with Crippen molar-refractivity contribution >= 4 is 11.0 Å². The highest BCUT2D eigenvalue weighted by Gasteiger charge is 2.29. The van der Waals surface area contributed by atoms with Crippen LogP contribution in [0, 0.1) is 0 Å². The molecule has 0 fully saturated rings. The number of ether oxygens (including phenoxy) is 1. The van der Waals surface area contributed by atoms with Crippen molar-refractivity contribution in [3.05, 3.63) is 78.5 Å². The van der Waals surface area contributed by atoms with Gasteiger partial charge in [-0.15, -0.1) is 0 Å². The predicted octanol–water partition coefficient (Wildman–Crippen LogP) is 3.70. The molecule has 1 atom stereocenters. The summed E-state index contributed by atoms with van der Waals surface area (Å²) in [6, 6.07) is 13.5. The quantitative estimate of drug-likeness (QED) is 0.448. The Bertz CT molecular complexity index is 1450. The minimum Gasteiger partial charge on any atom is -0.467 e. The normalized spacial score (nSPS) is 13.2. The molecule has 0 spiro atoms. The summed E-state index contributed by atoms with van der Waals surface area (Å²) in [5.74, 6) is 0. The molecule has 0 aliphatic heterocycles. The van der Waals surface area contributed by atoms with Crippen LogP contribution in [0.25, 0.3) is 33.4 Å². The molecular weight excluding hydrogens is 416 g/mol. The highest BCUT2D eigenvalue weighted by molar-refractivity contribution is 5.95. The zero-order valence-electron chi connectivity index (χ0n) is 18.9. The highest BCUT2D eigenvalue weighted by atomic mass is 16.5. The van der Waals surface area contributed by atoms with Crippen LogP contribution >= 0.6 is 0 Å². The molecule has 5 rings (SSSR count). The molecule has 0 radical (unpaired) electrons. The molecule has 0 saturated heterocycles. The maximum absolute atomic E-state index is 11.4. The van der Waals surface area contributed by atoms with Crippen molar-refractivity contribution in [3.63, 3.8) is 0 Å². The minimum absolute atomic E-state index is 0.187. The first-order valence-corrected chi connectivity index (χ1v) is 10.5. The van der Waals surface area contributed by atoms with Crippen molar-refractivity contribution in [2.45, 2.75) is 12.5 Å². The topological polar surface area (TPSA) is 90.9 Å². The monoisotopic (exact) mass is 440 g/mol. The number of nitrogens with zero attached hydrogens (tertiary/aromatic N) is 6. The molecule has 1 N–H and O–H groups in total. The van der Waals surface area contributed by atoms with Gasteiger partial charge in [-0.1, -0.05) is 30.3 Å². The van der Waals surface area contributed by atoms with Crippen LogP contribution in [-0.4, -0.2) is 41.5 Å². The number of aromatic nitrogens is 6. The first kappa shape index (κ1) is 20.8. The van der Waals surface area contributed by atoms with Gasteiger partial charge in [0.05, 0.1) is 24.7 Å². The summed E-state index contributed by atoms with van der Waals surface area (Å²) in [5.41, 5.74) is 4.14. The van der Waals surface area contributed by atoms with Gasteiger partial charge in [0, 0.05) is 54.8 Å². The lowest BCUT2D eigenvalue weighted by Gasteiger charge is -2.24. The lowest BCUT2D eigenvalue weighted by Crippen LogP contribution is -2.24. The van der Waals surface area contributed by atoms with Crippen LogP contribution < -0.4 is 4.74 Å². The summed E-state index contributed by atoms with van der Waals surface area (Å²) in [7, 11) is 5.35. The molecule has 5 aromatic rings. The van der Waals surface area contributed by atoms with Crippen LogP contribution in [0.1, 0.15) is 18.2 Å². The van der Waals surface area contributed by atoms with Gasteiger partial charge in [-0.3, -0.25) is 4.68 Å². The second-order valence-electron chi connectivity index (χ2n) is 8.21. The number of benzene rings is 1. The van der Waals surface area contributed by atoms with Gasteiger partial charge in [0.15, 0.2) is 0 Å². The molecule has 33 heavy (non-hydrogen) atoms. The standard InChI is InChI=1S/C25H24N6O2/c1-25(32,18-8-6-5-7-9-18)22-11-21(28-24(29-22)33-4)20-15-30(2)23-19(20)10-16(12-26-23)17-13-27-31(3)14-17/h5-15,32H,1-4H3. The van der Waals surface area contributed by atoms with Gasteiger partial charge >= 0.3 is 6.01 Å². The van der Waals surface area contributed by atoms with Crippen LogP contribution in [0.15, 0.2) is 67.3 Å². The molecule has 0 bridgehead atoms. The number of methoxy groups -OCH3 is 1. The third kappa shape index (κ3) is 3.64. The Labute approximate surface area is 191 Å². The Hall–Kier alpha value is -4.04. The smallest absolute Gasteiger partial charge is 0.317 e. The van der Waals surface area contributed by atoms with Crippen molar-refractivity contribution in [2.24, 2.45) is 14.1 Å². The molecule has 0 aliphatic rings. The van der Waals surface area contributed by atoms with Crippen molar-refractivity contribution < 1.29 is 9.84 Å². The summed E-state index contributed by atoms with van der Waals surface area (Å²) in [6.45, 7) is 1.72. The van der Waals surface area contributed by atoms with E-state index in [2.05, 4.69) is 26.1 Å². The molecule has 1 unspecified atom stereocenters. The van der Waals surface area contributed by atoms with Crippen molar-refractivity contribution in [1.82, 2.24) is 29.3 Å². The Kier molecular flexibility index (Phi) is 4.94. The number of hydrogen-bond donors (Lipinski definition) is 1. The lowest BCUT2D eigenvalue weighted by atomic mass is 9.91. The third-order valence-electron chi connectivity index (χ3n) is 5.85. The van der Waals surface area contributed by atoms with Gasteiger partial charge in [-0.25, -0.2) is 4.98 Å². The number of hydrogen-bond acceptors (Lipinski definition) is 6. The van der Waals surface area contributed by atoms with Crippen LogP contribution in [0.2, 0.25) is 0 Å². The molecule has 0 saturated carbocycles. The first-order chi connectivity index (χ1) is 15.9. The summed E-state index contributed by atoms with van der Waals surface area (Å²) in [5, 5.41) is 16.6. The number of pyridine rings is 1. The van der Waals surface area contributed by atoms with Crippen molar-refractivity contribution in [1.29, 1.82) is 0 Å². The van der Waals surface area contributed by atoms with Crippen molar-refractivity contribution in [3.8, 4) is 28.4 Å². The molecule has 4 heterocycles. The zero-order valence-corrected chi connectivity index (χ0v) is 18.9. The third-order valence-corrected chi connectivity index (χ3v) is 5.85. The summed E-state index contributed by atoms with van der Waals surface area (Å²) < 4.78 is 9.12. The second kappa shape index (κ2) is 7.83. The fourth-order valence-electron chi connectivity index (χ4n) is 4.01. The molecule has 4 aromatic heterocycles. The lowest BCUT2D eigenvalue weighted by molar-refractivity contribution is 0.0963. The van der Waals surface area contributed by atoms with Crippen molar-refractivity contribution in [2.75, 3.05) is 7.11 Å². The maximum atomic E-state index is 11.4. The van der Waals surface area contributed by atoms with Crippen LogP contribution in [0.4, 0.5) is 0 Å². The van der Waals surface area contributed by atoms with Gasteiger partial charge in [-0.2, -0.15) is 15.1 Å². The molecule has 8 nitrogen and oxygen atoms in total. The van der Waals surface area contributed by atoms with E-state index < -0.39 is 5.60 Å². The SMILES string of the molecule is COc1nc(-c2cn(C)c3ncc(-c4cnn(C)c4)cc23)cc(C(C)(O)c2ccccc2)n1. The number of rotatable bonds is 5. The van der Waals surface area contributed by atoms with Crippen LogP contribution in [-0.2, 0) is 19.7 Å². The van der Waals surface area contributed by atoms with Gasteiger partial charge in [0.2, 0.25) is 0 Å². The Morgan fingerprint density at radius 2 is 1.76 bits per heavy atom. The molecule has 0 amide bonds. The molecule has 8 heteroatoms. The van der Waals surface area contributed by atoms with Crippen LogP contribution in [0.5, 0.6) is 6.01 Å². The van der Waals surface area contributed by atoms with E-state index in [4.69, 9.17) is 4.74 Å². The van der Waals surface area contributed by atoms with E-state index in [0.717, 1.165) is 33.3 Å². The highest BCUT2D eigenvalue weighted by Crippen LogP contribution is 2.35. The van der Waals surface area contributed by atoms with E-state index in [1.54, 1.807) is 17.7 Å². The summed E-state index contributed by atoms with van der Waals surface area (Å²) in [4.78, 5) is 13.7. The van der Waals surface area contributed by atoms with E-state index in [-0.39, 0.29) is 6.01 Å². The average molecular weight is 441 g/mol. The molecule has 166 valence electrons. The Morgan fingerprint density at radius 1 is 0.970 bits per heavy atom. The Balaban J connectivity index is 1.69. The molecule has 1 aromatic carbocycles. The van der Waals surface area contributed by atoms with E-state index in [1.165, 1.54) is 7.11 Å². The van der Waals surface area contributed by atoms with Gasteiger partial charge in [0.25, 0.3) is 0 Å². The Morgan fingerprint density at radius 3 is 2.45 bits per heavy atom. The first-order valence-electron chi connectivity index (χ1n) is 10.5. The fourth-order valence-corrected chi connectivity index (χ4v) is 4.01. The minimum atomic E-state index is -1.32. The van der Waals surface area contributed by atoms with E-state index in [1.807, 2.05) is 73.8 Å². The second-order valence-corrected chi connectivity index (χ2v) is 8.21. The summed E-state index contributed by atoms with van der Waals surface area (Å²) in [6.07, 6.45) is 7.59. The molecule has 0 aliphatic carbocycles. The average Bonchev–Trinajstić information content (AvgIpc) is 3.42. The summed E-state index contributed by atoms with van der Waals surface area (Å²) >= 11 is 0. The number of fused-ring (bicyclic) bond motifs is 1.